The lowest BCUT2D eigenvalue weighted by Crippen LogP contribution is -2.12. The van der Waals surface area contributed by atoms with Crippen LogP contribution in [0.3, 0.4) is 0 Å². The monoisotopic (exact) mass is 1190 g/mol. The quantitative estimate of drug-likeness (QED) is 0.131. The molecule has 0 atom stereocenters. The van der Waals surface area contributed by atoms with Crippen molar-refractivity contribution in [2.45, 2.75) is 24.3 Å². The fraction of sp³-hybridized carbons (Fsp3) is 0.111. The van der Waals surface area contributed by atoms with Crippen LogP contribution in [0.4, 0.5) is 0 Å². The van der Waals surface area contributed by atoms with Crippen LogP contribution >= 0.6 is 162 Å². The Kier molecular flexibility index (Phi) is 21.7. The van der Waals surface area contributed by atoms with Crippen LogP contribution in [-0.2, 0) is 17.3 Å². The van der Waals surface area contributed by atoms with Gasteiger partial charge in [-0.2, -0.15) is 0 Å². The zero-order valence-electron chi connectivity index (χ0n) is 36.2. The molecule has 0 heterocycles. The van der Waals surface area contributed by atoms with Gasteiger partial charge in [0, 0.05) is 41.3 Å². The highest BCUT2D eigenvalue weighted by molar-refractivity contribution is 6.52. The van der Waals surface area contributed by atoms with Crippen LogP contribution in [0.1, 0.15) is 50.1 Å². The Balaban J connectivity index is 0.000000172. The minimum Gasteiger partial charge on any atom is -0.497 e. The zero-order valence-corrected chi connectivity index (χ0v) is 46.8. The van der Waals surface area contributed by atoms with Gasteiger partial charge in [0.15, 0.2) is 17.3 Å². The largest absolute Gasteiger partial charge is 0.497 e. The van der Waals surface area contributed by atoms with E-state index in [1.165, 1.54) is 5.56 Å². The Labute approximate surface area is 473 Å². The predicted octanol–water partition coefficient (Wildman–Crippen LogP) is 21.7. The van der Waals surface area contributed by atoms with Gasteiger partial charge < -0.3 is 4.74 Å². The zero-order chi connectivity index (χ0) is 50.6. The van der Waals surface area contributed by atoms with E-state index in [1.54, 1.807) is 110 Å². The number of halogens is 14. The van der Waals surface area contributed by atoms with Crippen LogP contribution in [-0.4, -0.2) is 7.11 Å². The first-order chi connectivity index (χ1) is 32.6. The Morgan fingerprint density at radius 2 is 0.522 bits per heavy atom. The summed E-state index contributed by atoms with van der Waals surface area (Å²) in [5.41, 5.74) is 7.20. The Morgan fingerprint density at radius 3 is 0.783 bits per heavy atom. The Bertz CT molecular complexity index is 2650. The summed E-state index contributed by atoms with van der Waals surface area (Å²) in [4.78, 5) is 0. The highest BCUT2D eigenvalue weighted by Crippen LogP contribution is 2.46. The number of methoxy groups -OCH3 is 1. The maximum atomic E-state index is 6.43. The van der Waals surface area contributed by atoms with Crippen molar-refractivity contribution < 1.29 is 4.74 Å². The first kappa shape index (κ1) is 57.5. The molecule has 0 radical (unpaired) electrons. The van der Waals surface area contributed by atoms with Gasteiger partial charge in [0.25, 0.3) is 0 Å². The van der Waals surface area contributed by atoms with Gasteiger partial charge in [-0.05, 0) is 113 Å². The average Bonchev–Trinajstić information content (AvgIpc) is 3.33. The molecule has 1 nitrogen and oxygen atoms in total. The second kappa shape index (κ2) is 26.0. The smallest absolute Gasteiger partial charge is 0.169 e. The second-order valence-corrected chi connectivity index (χ2v) is 22.7. The predicted molar refractivity (Wildman–Crippen MR) is 303 cm³/mol. The lowest BCUT2D eigenvalue weighted by Gasteiger charge is -2.22. The van der Waals surface area contributed by atoms with Gasteiger partial charge in [-0.1, -0.05) is 289 Å². The lowest BCUT2D eigenvalue weighted by atomic mass is 10.0. The SMILES string of the molecule is COc1ccc(C(Cl)(Cl)c2ccccc2Cl)cc1.Cc1ccc(C(Cl)(Cl)c2ccc(Cl)cc2)cc1.Clc1ccc(C(Cl)(Cl)c2ccc(Cl)cc2)cc1.Clc1ccc(C(Cl)(Cl)c2ccccc2Cl)cc1. The van der Waals surface area contributed by atoms with Crippen molar-refractivity contribution in [2.24, 2.45) is 0 Å². The van der Waals surface area contributed by atoms with E-state index in [9.17, 15) is 0 Å². The third-order valence-corrected chi connectivity index (χ3v) is 15.2. The Morgan fingerprint density at radius 1 is 0.290 bits per heavy atom. The first-order valence-corrected chi connectivity index (χ1v) is 25.6. The molecular weight excluding hydrogens is 1160 g/mol. The summed E-state index contributed by atoms with van der Waals surface area (Å²) < 4.78 is 0.600. The van der Waals surface area contributed by atoms with Gasteiger partial charge in [-0.25, -0.2) is 0 Å². The molecule has 0 aliphatic rings. The number of rotatable bonds is 9. The molecule has 8 aromatic carbocycles. The van der Waals surface area contributed by atoms with E-state index in [0.717, 1.165) is 39.1 Å². The molecule has 0 aromatic heterocycles. The molecular formula is C54H38Cl14O. The lowest BCUT2D eigenvalue weighted by molar-refractivity contribution is 0.414. The third-order valence-electron chi connectivity index (χ3n) is 10.1. The number of aryl methyl sites for hydroxylation is 1. The standard InChI is InChI=1S/C14H11Cl3O.C14H11Cl3.2C13H8Cl4/c1-18-11-8-6-10(7-9-11)14(16,17)12-4-2-3-5-13(12)15;1-10-2-4-11(5-3-10)14(16,17)12-6-8-13(15)9-7-12;14-11-5-1-9(2-6-11)13(16,17)10-3-7-12(15)8-4-10;14-10-7-5-9(6-8-10)13(16,17)11-3-1-2-4-12(11)15/h2-9H,1H3;2-9H,1H3;2*1-8H. The van der Waals surface area contributed by atoms with E-state index in [2.05, 4.69) is 0 Å². The van der Waals surface area contributed by atoms with Crippen LogP contribution in [0.5, 0.6) is 5.75 Å². The van der Waals surface area contributed by atoms with Crippen LogP contribution in [0.2, 0.25) is 30.1 Å². The van der Waals surface area contributed by atoms with E-state index < -0.39 is 17.3 Å². The summed E-state index contributed by atoms with van der Waals surface area (Å²) in [5.74, 6) is 0.752. The van der Waals surface area contributed by atoms with Crippen LogP contribution in [0.25, 0.3) is 0 Å². The first-order valence-electron chi connectivity index (χ1n) is 20.3. The van der Waals surface area contributed by atoms with Gasteiger partial charge >= 0.3 is 0 Å². The van der Waals surface area contributed by atoms with Crippen molar-refractivity contribution in [1.29, 1.82) is 0 Å². The summed E-state index contributed by atoms with van der Waals surface area (Å²) in [6.45, 7) is 2.02. The second-order valence-electron chi connectivity index (χ2n) is 14.9. The summed E-state index contributed by atoms with van der Waals surface area (Å²) in [6.07, 6.45) is 0. The van der Waals surface area contributed by atoms with Crippen LogP contribution in [0, 0.1) is 6.92 Å². The van der Waals surface area contributed by atoms with Gasteiger partial charge in [-0.15, -0.1) is 0 Å². The van der Waals surface area contributed by atoms with Crippen molar-refractivity contribution in [2.75, 3.05) is 7.11 Å². The fourth-order valence-corrected chi connectivity index (χ4v) is 9.70. The van der Waals surface area contributed by atoms with Crippen LogP contribution < -0.4 is 4.74 Å². The molecule has 15 heteroatoms. The normalized spacial score (nSPS) is 11.5. The third kappa shape index (κ3) is 15.8. The molecule has 0 spiro atoms. The summed E-state index contributed by atoms with van der Waals surface area (Å²) >= 11 is 86.7. The topological polar surface area (TPSA) is 9.23 Å². The average molecular weight is 1200 g/mol. The molecule has 358 valence electrons. The van der Waals surface area contributed by atoms with Gasteiger partial charge in [0.05, 0.1) is 7.11 Å². The maximum absolute atomic E-state index is 6.43. The molecule has 0 amide bonds. The number of hydrogen-bond acceptors (Lipinski definition) is 1. The van der Waals surface area contributed by atoms with E-state index in [-0.39, 0.29) is 0 Å². The molecule has 8 rings (SSSR count). The molecule has 8 aromatic rings. The molecule has 0 fully saturated rings. The highest BCUT2D eigenvalue weighted by atomic mass is 35.5. The Hall–Kier alpha value is -2.38. The molecule has 0 N–H and O–H groups in total. The molecule has 0 saturated heterocycles. The van der Waals surface area contributed by atoms with Crippen molar-refractivity contribution in [1.82, 2.24) is 0 Å². The fourth-order valence-electron chi connectivity index (χ4n) is 6.28. The van der Waals surface area contributed by atoms with E-state index in [0.29, 0.717) is 41.3 Å². The van der Waals surface area contributed by atoms with Gasteiger partial charge in [0.1, 0.15) is 5.75 Å². The van der Waals surface area contributed by atoms with Crippen molar-refractivity contribution in [3.8, 4) is 5.75 Å². The highest BCUT2D eigenvalue weighted by Gasteiger charge is 2.33. The van der Waals surface area contributed by atoms with E-state index in [4.69, 9.17) is 167 Å². The minimum absolute atomic E-state index is 0.535. The minimum atomic E-state index is -1.18. The molecule has 0 unspecified atom stereocenters. The van der Waals surface area contributed by atoms with E-state index in [1.807, 2.05) is 97.9 Å². The number of alkyl halides is 8. The number of ether oxygens (including phenoxy) is 1. The summed E-state index contributed by atoms with van der Waals surface area (Å²) in [7, 11) is 1.61. The van der Waals surface area contributed by atoms with Gasteiger partial charge in [0.2, 0.25) is 0 Å². The molecule has 0 aliphatic heterocycles. The molecule has 0 saturated carbocycles. The molecule has 0 aliphatic carbocycles. The van der Waals surface area contributed by atoms with Crippen LogP contribution in [0.15, 0.2) is 194 Å². The van der Waals surface area contributed by atoms with Crippen molar-refractivity contribution >= 4 is 162 Å². The molecule has 69 heavy (non-hydrogen) atoms. The molecule has 0 bridgehead atoms. The van der Waals surface area contributed by atoms with Crippen molar-refractivity contribution in [3.63, 3.8) is 0 Å². The summed E-state index contributed by atoms with van der Waals surface area (Å²) in [6, 6.07) is 58.1. The number of hydrogen-bond donors (Lipinski definition) is 0. The van der Waals surface area contributed by atoms with Gasteiger partial charge in [-0.3, -0.25) is 0 Å². The number of benzene rings is 8. The van der Waals surface area contributed by atoms with Crippen molar-refractivity contribution in [3.05, 3.63) is 274 Å². The maximum Gasteiger partial charge on any atom is 0.169 e. The summed E-state index contributed by atoms with van der Waals surface area (Å²) in [5, 5.41) is 3.67. The van der Waals surface area contributed by atoms with E-state index >= 15 is 0 Å².